The van der Waals surface area contributed by atoms with Crippen molar-refractivity contribution in [1.29, 1.82) is 0 Å². The quantitative estimate of drug-likeness (QED) is 0.188. The highest BCUT2D eigenvalue weighted by Gasteiger charge is 2.41. The second kappa shape index (κ2) is 10.4. The fourth-order valence-corrected chi connectivity index (χ4v) is 5.93. The molecule has 1 atom stereocenters. The number of fused-ring (bicyclic) bond motifs is 3. The number of halogens is 1. The zero-order valence-electron chi connectivity index (χ0n) is 21.8. The molecule has 9 nitrogen and oxygen atoms in total. The van der Waals surface area contributed by atoms with Crippen LogP contribution in [-0.2, 0) is 21.7 Å². The number of nitrogens with zero attached hydrogens (tertiary/aromatic N) is 4. The Labute approximate surface area is 234 Å². The van der Waals surface area contributed by atoms with Gasteiger partial charge in [0.2, 0.25) is 0 Å². The minimum absolute atomic E-state index is 0.0149. The molecule has 1 aliphatic rings. The first-order valence-electron chi connectivity index (χ1n) is 12.2. The molecule has 4 aromatic rings. The van der Waals surface area contributed by atoms with Crippen molar-refractivity contribution in [3.05, 3.63) is 97.9 Å². The molecule has 11 heteroatoms. The largest absolute Gasteiger partial charge is 0.461 e. The van der Waals surface area contributed by atoms with Crippen LogP contribution in [0.5, 0.6) is 0 Å². The number of hydrogen-bond donors (Lipinski definition) is 2. The lowest BCUT2D eigenvalue weighted by atomic mass is 9.95. The maximum absolute atomic E-state index is 13.2. The molecule has 200 valence electrons. The molecule has 0 unspecified atom stereocenters. The van der Waals surface area contributed by atoms with Crippen LogP contribution in [-0.4, -0.2) is 37.6 Å². The number of aromatic nitrogens is 3. The molecule has 1 amide bonds. The van der Waals surface area contributed by atoms with Crippen molar-refractivity contribution in [1.82, 2.24) is 20.2 Å². The van der Waals surface area contributed by atoms with Crippen LogP contribution in [0.25, 0.3) is 5.00 Å². The monoisotopic (exact) mass is 563 g/mol. The van der Waals surface area contributed by atoms with E-state index in [1.165, 1.54) is 12.1 Å². The first kappa shape index (κ1) is 26.7. The molecular formula is C28H26ClN5O4S. The summed E-state index contributed by atoms with van der Waals surface area (Å²) in [5.41, 5.74) is 5.21. The molecule has 0 aliphatic carbocycles. The summed E-state index contributed by atoms with van der Waals surface area (Å²) in [4.78, 5) is 31.1. The molecule has 0 saturated heterocycles. The summed E-state index contributed by atoms with van der Waals surface area (Å²) >= 11 is 7.82. The zero-order valence-corrected chi connectivity index (χ0v) is 23.4. The molecule has 5 rings (SSSR count). The number of amides is 1. The van der Waals surface area contributed by atoms with Crippen molar-refractivity contribution in [2.24, 2.45) is 4.99 Å². The van der Waals surface area contributed by atoms with Gasteiger partial charge in [0, 0.05) is 26.6 Å². The fraction of sp³-hybridized carbons (Fsp3) is 0.250. The average Bonchev–Trinajstić information content (AvgIpc) is 3.42. The summed E-state index contributed by atoms with van der Waals surface area (Å²) in [6.07, 6.45) is -0.0693. The summed E-state index contributed by atoms with van der Waals surface area (Å²) in [6, 6.07) is 13.9. The smallest absolute Gasteiger partial charge is 0.309 e. The van der Waals surface area contributed by atoms with E-state index >= 15 is 0 Å². The number of aryl methyl sites for hydroxylation is 2. The summed E-state index contributed by atoms with van der Waals surface area (Å²) in [6.45, 7) is 7.91. The Kier molecular flexibility index (Phi) is 7.11. The Morgan fingerprint density at radius 1 is 1.08 bits per heavy atom. The van der Waals surface area contributed by atoms with E-state index in [-0.39, 0.29) is 18.6 Å². The standard InChI is InChI=1S/C28H26ClN5O4S/c1-15-16(2)39-26-23(15)24(19-9-11-21(29)12-10-19)30-28(4,27-32-31-17(3)34(26)27)13-22(35)38-14-18-5-7-20(8-6-18)25(36)33-37/h5-12,37H,13-14H2,1-4H3,(H,33,36)/t28-/m0/s1. The SMILES string of the molecule is Cc1sc2c(c1C)C(c1ccc(Cl)cc1)=N[C@@](C)(CC(=O)OCc1ccc(C(=O)NO)cc1)c1nnc(C)n1-2. The van der Waals surface area contributed by atoms with Crippen LogP contribution in [0.4, 0.5) is 0 Å². The lowest BCUT2D eigenvalue weighted by molar-refractivity contribution is -0.146. The van der Waals surface area contributed by atoms with Crippen molar-refractivity contribution < 1.29 is 19.5 Å². The molecule has 2 N–H and O–H groups in total. The van der Waals surface area contributed by atoms with E-state index in [0.717, 1.165) is 32.3 Å². The van der Waals surface area contributed by atoms with Gasteiger partial charge in [-0.2, -0.15) is 0 Å². The van der Waals surface area contributed by atoms with Gasteiger partial charge in [0.25, 0.3) is 5.91 Å². The second-order valence-electron chi connectivity index (χ2n) is 9.59. The summed E-state index contributed by atoms with van der Waals surface area (Å²) in [5.74, 6) is 0.182. The van der Waals surface area contributed by atoms with Crippen LogP contribution in [0, 0.1) is 20.8 Å². The Bertz CT molecular complexity index is 1610. The topological polar surface area (TPSA) is 119 Å². The number of hydrogen-bond acceptors (Lipinski definition) is 8. The Morgan fingerprint density at radius 3 is 2.44 bits per heavy atom. The third-order valence-electron chi connectivity index (χ3n) is 6.80. The van der Waals surface area contributed by atoms with Gasteiger partial charge in [-0.1, -0.05) is 35.9 Å². The number of esters is 1. The van der Waals surface area contributed by atoms with Crippen LogP contribution in [0.3, 0.4) is 0 Å². The number of thiophene rings is 1. The van der Waals surface area contributed by atoms with E-state index in [4.69, 9.17) is 26.5 Å². The van der Waals surface area contributed by atoms with Gasteiger partial charge in [-0.25, -0.2) is 5.48 Å². The van der Waals surface area contributed by atoms with Crippen LogP contribution in [0.2, 0.25) is 5.02 Å². The minimum Gasteiger partial charge on any atom is -0.461 e. The normalized spacial score (nSPS) is 16.1. The third-order valence-corrected chi connectivity index (χ3v) is 8.24. The van der Waals surface area contributed by atoms with Crippen molar-refractivity contribution in [3.8, 4) is 5.00 Å². The van der Waals surface area contributed by atoms with Crippen LogP contribution in [0.15, 0.2) is 53.5 Å². The van der Waals surface area contributed by atoms with Gasteiger partial charge in [0.1, 0.15) is 23.0 Å². The minimum atomic E-state index is -1.07. The highest BCUT2D eigenvalue weighted by molar-refractivity contribution is 7.15. The number of carbonyl (C=O) groups is 2. The predicted octanol–water partition coefficient (Wildman–Crippen LogP) is 5.23. The van der Waals surface area contributed by atoms with E-state index in [9.17, 15) is 9.59 Å². The summed E-state index contributed by atoms with van der Waals surface area (Å²) < 4.78 is 7.60. The number of nitrogens with one attached hydrogen (secondary N) is 1. The van der Waals surface area contributed by atoms with Crippen LogP contribution >= 0.6 is 22.9 Å². The van der Waals surface area contributed by atoms with Gasteiger partial charge in [-0.15, -0.1) is 21.5 Å². The molecule has 0 fully saturated rings. The van der Waals surface area contributed by atoms with Crippen molar-refractivity contribution in [2.75, 3.05) is 0 Å². The number of rotatable bonds is 6. The number of benzene rings is 2. The zero-order chi connectivity index (χ0) is 27.9. The van der Waals surface area contributed by atoms with Crippen molar-refractivity contribution >= 4 is 40.5 Å². The molecule has 1 aliphatic heterocycles. The molecule has 0 spiro atoms. The van der Waals surface area contributed by atoms with Gasteiger partial charge < -0.3 is 4.74 Å². The maximum Gasteiger partial charge on any atom is 0.309 e. The average molecular weight is 564 g/mol. The van der Waals surface area contributed by atoms with Gasteiger partial charge in [0.15, 0.2) is 5.82 Å². The van der Waals surface area contributed by atoms with Crippen LogP contribution < -0.4 is 5.48 Å². The number of ether oxygens (including phenoxy) is 1. The first-order valence-corrected chi connectivity index (χ1v) is 13.4. The second-order valence-corrected chi connectivity index (χ2v) is 11.2. The van der Waals surface area contributed by atoms with E-state index < -0.39 is 17.4 Å². The van der Waals surface area contributed by atoms with E-state index in [1.807, 2.05) is 42.7 Å². The molecule has 0 saturated carbocycles. The Morgan fingerprint density at radius 2 is 1.77 bits per heavy atom. The number of aliphatic imine (C=N–C) groups is 1. The maximum atomic E-state index is 13.2. The highest BCUT2D eigenvalue weighted by atomic mass is 35.5. The number of hydroxylamine groups is 1. The van der Waals surface area contributed by atoms with Gasteiger partial charge >= 0.3 is 5.97 Å². The molecule has 39 heavy (non-hydrogen) atoms. The van der Waals surface area contributed by atoms with Gasteiger partial charge in [-0.3, -0.25) is 24.4 Å². The first-order chi connectivity index (χ1) is 18.6. The Balaban J connectivity index is 1.51. The Hall–Kier alpha value is -3.86. The highest BCUT2D eigenvalue weighted by Crippen LogP contribution is 2.42. The van der Waals surface area contributed by atoms with E-state index in [1.54, 1.807) is 28.9 Å². The molecule has 2 aromatic carbocycles. The fourth-order valence-electron chi connectivity index (χ4n) is 4.60. The lowest BCUT2D eigenvalue weighted by Crippen LogP contribution is -2.29. The predicted molar refractivity (Wildman–Crippen MR) is 148 cm³/mol. The molecule has 2 aromatic heterocycles. The van der Waals surface area contributed by atoms with E-state index in [2.05, 4.69) is 24.0 Å². The molecule has 0 radical (unpaired) electrons. The third kappa shape index (κ3) is 4.98. The van der Waals surface area contributed by atoms with Gasteiger partial charge in [-0.05, 0) is 63.1 Å². The lowest BCUT2D eigenvalue weighted by Gasteiger charge is -2.23. The van der Waals surface area contributed by atoms with Gasteiger partial charge in [0.05, 0.1) is 12.1 Å². The summed E-state index contributed by atoms with van der Waals surface area (Å²) in [5, 5.41) is 19.2. The summed E-state index contributed by atoms with van der Waals surface area (Å²) in [7, 11) is 0. The molecular weight excluding hydrogens is 538 g/mol. The number of carbonyl (C=O) groups excluding carboxylic acids is 2. The molecule has 3 heterocycles. The molecule has 0 bridgehead atoms. The van der Waals surface area contributed by atoms with Crippen molar-refractivity contribution in [2.45, 2.75) is 46.3 Å². The van der Waals surface area contributed by atoms with E-state index in [0.29, 0.717) is 22.2 Å². The van der Waals surface area contributed by atoms with Crippen LogP contribution in [0.1, 0.15) is 62.5 Å². The van der Waals surface area contributed by atoms with Crippen molar-refractivity contribution in [3.63, 3.8) is 0 Å².